The van der Waals surface area contributed by atoms with Gasteiger partial charge in [-0.2, -0.15) is 0 Å². The van der Waals surface area contributed by atoms with Crippen LogP contribution in [-0.2, 0) is 9.47 Å². The Bertz CT molecular complexity index is 509. The molecule has 0 aromatic carbocycles. The van der Waals surface area contributed by atoms with Crippen molar-refractivity contribution >= 4 is 17.2 Å². The van der Waals surface area contributed by atoms with Crippen molar-refractivity contribution in [2.24, 2.45) is 0 Å². The van der Waals surface area contributed by atoms with Gasteiger partial charge >= 0.3 is 0 Å². The number of piperidine rings is 1. The Morgan fingerprint density at radius 1 is 1.57 bits per heavy atom. The molecule has 5 nitrogen and oxygen atoms in total. The molecule has 2 fully saturated rings. The number of hydrogen-bond donors (Lipinski definition) is 0. The monoisotopic (exact) mass is 310 g/mol. The summed E-state index contributed by atoms with van der Waals surface area (Å²) in [6.07, 6.45) is 2.97. The van der Waals surface area contributed by atoms with Crippen LogP contribution in [0.25, 0.3) is 0 Å². The van der Waals surface area contributed by atoms with Crippen LogP contribution in [0.3, 0.4) is 0 Å². The Labute approximate surface area is 129 Å². The van der Waals surface area contributed by atoms with Crippen molar-refractivity contribution in [3.05, 3.63) is 16.1 Å². The molecule has 6 heteroatoms. The molecule has 116 valence electrons. The van der Waals surface area contributed by atoms with Crippen LogP contribution in [0.4, 0.5) is 0 Å². The van der Waals surface area contributed by atoms with Crippen LogP contribution in [0.15, 0.2) is 5.38 Å². The van der Waals surface area contributed by atoms with Gasteiger partial charge in [0, 0.05) is 31.5 Å². The number of carbonyl (C=O) groups is 1. The normalized spacial score (nSPS) is 24.7. The second-order valence-corrected chi connectivity index (χ2v) is 6.88. The Hall–Kier alpha value is -0.980. The number of amides is 1. The second kappa shape index (κ2) is 6.02. The fourth-order valence-corrected chi connectivity index (χ4v) is 3.82. The van der Waals surface area contributed by atoms with E-state index in [-0.39, 0.29) is 17.6 Å². The third-order valence-electron chi connectivity index (χ3n) is 4.38. The Kier molecular flexibility index (Phi) is 4.28. The molecule has 1 spiro atoms. The summed E-state index contributed by atoms with van der Waals surface area (Å²) in [7, 11) is 0. The van der Waals surface area contributed by atoms with Gasteiger partial charge in [-0.1, -0.05) is 0 Å². The topological polar surface area (TPSA) is 51.7 Å². The zero-order valence-electron chi connectivity index (χ0n) is 12.6. The number of likely N-dealkylation sites (tertiary alicyclic amines) is 1. The summed E-state index contributed by atoms with van der Waals surface area (Å²) in [4.78, 5) is 18.6. The van der Waals surface area contributed by atoms with E-state index in [1.165, 1.54) is 11.3 Å². The molecule has 0 radical (unpaired) electrons. The molecule has 21 heavy (non-hydrogen) atoms. The fraction of sp³-hybridized carbons (Fsp3) is 0.733. The van der Waals surface area contributed by atoms with E-state index in [1.54, 1.807) is 0 Å². The van der Waals surface area contributed by atoms with Crippen molar-refractivity contribution in [3.8, 4) is 0 Å². The first-order valence-corrected chi connectivity index (χ1v) is 8.47. The molecule has 1 amide bonds. The minimum Gasteiger partial charge on any atom is -0.376 e. The molecular weight excluding hydrogens is 288 g/mol. The lowest BCUT2D eigenvalue weighted by atomic mass is 9.88. The van der Waals surface area contributed by atoms with Gasteiger partial charge in [0.05, 0.1) is 23.3 Å². The van der Waals surface area contributed by atoms with Crippen LogP contribution >= 0.6 is 11.3 Å². The molecule has 1 aromatic heterocycles. The average molecular weight is 310 g/mol. The Morgan fingerprint density at radius 3 is 2.95 bits per heavy atom. The predicted octanol–water partition coefficient (Wildman–Crippen LogP) is 2.25. The summed E-state index contributed by atoms with van der Waals surface area (Å²) in [5.74, 6) is 0.0496. The maximum absolute atomic E-state index is 12.4. The zero-order valence-corrected chi connectivity index (χ0v) is 13.4. The van der Waals surface area contributed by atoms with E-state index >= 15 is 0 Å². The van der Waals surface area contributed by atoms with Crippen LogP contribution in [0.1, 0.15) is 41.7 Å². The van der Waals surface area contributed by atoms with Gasteiger partial charge in [-0.25, -0.2) is 4.98 Å². The summed E-state index contributed by atoms with van der Waals surface area (Å²) < 4.78 is 11.7. The van der Waals surface area contributed by atoms with E-state index < -0.39 is 0 Å². The number of rotatable bonds is 3. The van der Waals surface area contributed by atoms with Crippen molar-refractivity contribution in [2.45, 2.75) is 44.8 Å². The van der Waals surface area contributed by atoms with Gasteiger partial charge in [0.15, 0.2) is 0 Å². The Morgan fingerprint density at radius 2 is 2.33 bits per heavy atom. The second-order valence-electron chi connectivity index (χ2n) is 5.82. The molecule has 3 rings (SSSR count). The first-order valence-electron chi connectivity index (χ1n) is 7.59. The van der Waals surface area contributed by atoms with E-state index in [2.05, 4.69) is 4.98 Å². The molecule has 1 atom stereocenters. The number of thiazole rings is 1. The van der Waals surface area contributed by atoms with Gasteiger partial charge in [0.25, 0.3) is 5.91 Å². The van der Waals surface area contributed by atoms with Crippen molar-refractivity contribution < 1.29 is 14.3 Å². The SMILES string of the molecule is CCO[C@H]1COC2(CCN(C(=O)c3csc(C)n3)CC2)C1. The molecule has 0 aliphatic carbocycles. The van der Waals surface area contributed by atoms with Crippen LogP contribution in [0.2, 0.25) is 0 Å². The van der Waals surface area contributed by atoms with E-state index in [9.17, 15) is 4.79 Å². The summed E-state index contributed by atoms with van der Waals surface area (Å²) in [5, 5.41) is 2.78. The molecule has 2 aliphatic rings. The molecule has 0 unspecified atom stereocenters. The van der Waals surface area contributed by atoms with Gasteiger partial charge < -0.3 is 14.4 Å². The highest BCUT2D eigenvalue weighted by atomic mass is 32.1. The first kappa shape index (κ1) is 14.9. The van der Waals surface area contributed by atoms with Crippen molar-refractivity contribution in [2.75, 3.05) is 26.3 Å². The third-order valence-corrected chi connectivity index (χ3v) is 5.15. The number of hydrogen-bond acceptors (Lipinski definition) is 5. The lowest BCUT2D eigenvalue weighted by molar-refractivity contribution is -0.0408. The van der Waals surface area contributed by atoms with Crippen LogP contribution in [-0.4, -0.2) is 53.8 Å². The zero-order chi connectivity index (χ0) is 14.9. The molecule has 0 N–H and O–H groups in total. The Balaban J connectivity index is 1.57. The molecule has 1 aromatic rings. The highest BCUT2D eigenvalue weighted by Crippen LogP contribution is 2.37. The molecule has 2 aliphatic heterocycles. The number of nitrogens with zero attached hydrogens (tertiary/aromatic N) is 2. The summed E-state index contributed by atoms with van der Waals surface area (Å²) in [6, 6.07) is 0. The van der Waals surface area contributed by atoms with Gasteiger partial charge in [0.2, 0.25) is 0 Å². The maximum atomic E-state index is 12.4. The number of carbonyl (C=O) groups excluding carboxylic acids is 1. The molecular formula is C15H22N2O3S. The predicted molar refractivity (Wildman–Crippen MR) is 80.7 cm³/mol. The molecule has 2 saturated heterocycles. The molecule has 3 heterocycles. The van der Waals surface area contributed by atoms with Crippen LogP contribution in [0.5, 0.6) is 0 Å². The van der Waals surface area contributed by atoms with Crippen LogP contribution in [0, 0.1) is 6.92 Å². The van der Waals surface area contributed by atoms with Gasteiger partial charge in [-0.3, -0.25) is 4.79 Å². The molecule has 0 saturated carbocycles. The van der Waals surface area contributed by atoms with Crippen molar-refractivity contribution in [1.82, 2.24) is 9.88 Å². The summed E-state index contributed by atoms with van der Waals surface area (Å²) in [6.45, 7) is 6.85. The van der Waals surface area contributed by atoms with E-state index in [4.69, 9.17) is 9.47 Å². The quantitative estimate of drug-likeness (QED) is 0.859. The maximum Gasteiger partial charge on any atom is 0.273 e. The summed E-state index contributed by atoms with van der Waals surface area (Å²) in [5.41, 5.74) is 0.502. The molecule has 0 bridgehead atoms. The standard InChI is InChI=1S/C15H22N2O3S/c1-3-19-12-8-15(20-9-12)4-6-17(7-5-15)14(18)13-10-21-11(2)16-13/h10,12H,3-9H2,1-2H3/t12-/m1/s1. The first-order chi connectivity index (χ1) is 10.1. The number of aryl methyl sites for hydroxylation is 1. The number of ether oxygens (including phenoxy) is 2. The minimum atomic E-state index is -0.0748. The van der Waals surface area contributed by atoms with Gasteiger partial charge in [-0.15, -0.1) is 11.3 Å². The van der Waals surface area contributed by atoms with E-state index in [0.29, 0.717) is 12.3 Å². The third kappa shape index (κ3) is 3.12. The average Bonchev–Trinajstić information content (AvgIpc) is 3.07. The smallest absolute Gasteiger partial charge is 0.273 e. The number of aromatic nitrogens is 1. The van der Waals surface area contributed by atoms with E-state index in [0.717, 1.165) is 44.0 Å². The van der Waals surface area contributed by atoms with Crippen molar-refractivity contribution in [1.29, 1.82) is 0 Å². The lowest BCUT2D eigenvalue weighted by Gasteiger charge is -2.38. The van der Waals surface area contributed by atoms with Crippen molar-refractivity contribution in [3.63, 3.8) is 0 Å². The fourth-order valence-electron chi connectivity index (χ4n) is 3.23. The van der Waals surface area contributed by atoms with Gasteiger partial charge in [-0.05, 0) is 26.7 Å². The van der Waals surface area contributed by atoms with Gasteiger partial charge in [0.1, 0.15) is 5.69 Å². The lowest BCUT2D eigenvalue weighted by Crippen LogP contribution is -2.46. The van der Waals surface area contributed by atoms with E-state index in [1.807, 2.05) is 24.1 Å². The highest BCUT2D eigenvalue weighted by molar-refractivity contribution is 7.09. The van der Waals surface area contributed by atoms with Crippen LogP contribution < -0.4 is 0 Å². The minimum absolute atomic E-state index is 0.0496. The summed E-state index contributed by atoms with van der Waals surface area (Å²) >= 11 is 1.52. The largest absolute Gasteiger partial charge is 0.376 e. The highest BCUT2D eigenvalue weighted by Gasteiger charge is 2.43.